The highest BCUT2D eigenvalue weighted by molar-refractivity contribution is 5.89. The highest BCUT2D eigenvalue weighted by Gasteiger charge is 2.36. The maximum absolute atomic E-state index is 11.4. The summed E-state index contributed by atoms with van der Waals surface area (Å²) in [5.41, 5.74) is 2.48. The molecule has 0 spiro atoms. The van der Waals surface area contributed by atoms with E-state index >= 15 is 0 Å². The Labute approximate surface area is 132 Å². The molecule has 1 aliphatic carbocycles. The van der Waals surface area contributed by atoms with Gasteiger partial charge in [0.15, 0.2) is 0 Å². The largest absolute Gasteiger partial charge is 0.299 e. The molecule has 1 N–H and O–H groups in total. The summed E-state index contributed by atoms with van der Waals surface area (Å²) in [5, 5.41) is 8.98. The van der Waals surface area contributed by atoms with Gasteiger partial charge >= 0.3 is 0 Å². The van der Waals surface area contributed by atoms with Gasteiger partial charge in [0.2, 0.25) is 12.3 Å². The minimum absolute atomic E-state index is 0.154. The van der Waals surface area contributed by atoms with Gasteiger partial charge in [-0.05, 0) is 31.8 Å². The topological polar surface area (TPSA) is 61.8 Å². The van der Waals surface area contributed by atoms with E-state index in [4.69, 9.17) is 5.10 Å². The first-order chi connectivity index (χ1) is 10.4. The average Bonchev–Trinajstić information content (AvgIpc) is 2.82. The Morgan fingerprint density at radius 1 is 1.45 bits per heavy atom. The fraction of sp³-hybridized carbons (Fsp3) is 0.588. The van der Waals surface area contributed by atoms with Crippen molar-refractivity contribution in [1.29, 1.82) is 0 Å². The van der Waals surface area contributed by atoms with Gasteiger partial charge in [-0.3, -0.25) is 19.9 Å². The second kappa shape index (κ2) is 6.90. The molecule has 0 bridgehead atoms. The lowest BCUT2D eigenvalue weighted by atomic mass is 9.85. The summed E-state index contributed by atoms with van der Waals surface area (Å²) in [7, 11) is 0. The Morgan fingerprint density at radius 3 is 2.82 bits per heavy atom. The number of imide groups is 1. The number of nitrogens with one attached hydrogen (secondary N) is 1. The van der Waals surface area contributed by atoms with Crippen molar-refractivity contribution in [3.05, 3.63) is 23.8 Å². The Balaban J connectivity index is 2.01. The molecule has 3 atom stereocenters. The van der Waals surface area contributed by atoms with Crippen molar-refractivity contribution in [2.45, 2.75) is 52.6 Å². The van der Waals surface area contributed by atoms with Crippen LogP contribution in [0.1, 0.15) is 40.5 Å². The molecule has 0 saturated carbocycles. The zero-order valence-corrected chi connectivity index (χ0v) is 13.7. The Morgan fingerprint density at radius 2 is 2.18 bits per heavy atom. The summed E-state index contributed by atoms with van der Waals surface area (Å²) in [6, 6.07) is 0.396. The molecule has 3 unspecified atom stereocenters. The molecular formula is C17H25N3O2. The lowest BCUT2D eigenvalue weighted by molar-refractivity contribution is -0.125. The smallest absolute Gasteiger partial charge is 0.226 e. The van der Waals surface area contributed by atoms with Crippen LogP contribution in [0.3, 0.4) is 0 Å². The molecule has 2 amide bonds. The predicted octanol–water partition coefficient (Wildman–Crippen LogP) is 2.26. The van der Waals surface area contributed by atoms with Crippen LogP contribution in [0.25, 0.3) is 0 Å². The molecule has 0 fully saturated rings. The van der Waals surface area contributed by atoms with Gasteiger partial charge in [0.05, 0.1) is 6.04 Å². The van der Waals surface area contributed by atoms with Crippen molar-refractivity contribution in [2.24, 2.45) is 16.9 Å². The molecule has 0 aromatic carbocycles. The fourth-order valence-corrected chi connectivity index (χ4v) is 3.01. The fourth-order valence-electron chi connectivity index (χ4n) is 3.01. The second-order valence-corrected chi connectivity index (χ2v) is 6.39. The minimum atomic E-state index is -0.237. The molecule has 0 aromatic heterocycles. The van der Waals surface area contributed by atoms with E-state index in [-0.39, 0.29) is 18.0 Å². The molecule has 2 aliphatic rings. The zero-order chi connectivity index (χ0) is 16.3. The molecule has 0 saturated heterocycles. The number of nitrogens with zero attached hydrogens (tertiary/aromatic N) is 2. The molecule has 0 radical (unpaired) electrons. The first-order valence-corrected chi connectivity index (χ1v) is 7.90. The van der Waals surface area contributed by atoms with Crippen LogP contribution < -0.4 is 5.32 Å². The number of amides is 2. The van der Waals surface area contributed by atoms with Crippen molar-refractivity contribution >= 4 is 18.0 Å². The van der Waals surface area contributed by atoms with E-state index in [0.29, 0.717) is 31.1 Å². The molecule has 120 valence electrons. The van der Waals surface area contributed by atoms with E-state index in [1.165, 1.54) is 5.57 Å². The van der Waals surface area contributed by atoms with Crippen LogP contribution in [0.5, 0.6) is 0 Å². The average molecular weight is 303 g/mol. The Kier molecular flexibility index (Phi) is 5.16. The van der Waals surface area contributed by atoms with Crippen molar-refractivity contribution in [3.8, 4) is 0 Å². The molecule has 5 nitrogen and oxygen atoms in total. The van der Waals surface area contributed by atoms with E-state index in [1.54, 1.807) is 0 Å². The van der Waals surface area contributed by atoms with Gasteiger partial charge in [0.25, 0.3) is 0 Å². The maximum atomic E-state index is 11.4. The number of carbonyl (C=O) groups is 2. The molecular weight excluding hydrogens is 278 g/mol. The SMILES string of the molecule is CC1=NN(C(C)CCC(=O)NC=O)C2C=CC(C(C)C)=CC12. The van der Waals surface area contributed by atoms with Crippen LogP contribution in [0, 0.1) is 11.8 Å². The molecule has 1 aliphatic heterocycles. The number of carbonyl (C=O) groups excluding carboxylic acids is 2. The summed E-state index contributed by atoms with van der Waals surface area (Å²) >= 11 is 0. The zero-order valence-electron chi connectivity index (χ0n) is 13.7. The monoisotopic (exact) mass is 303 g/mol. The van der Waals surface area contributed by atoms with Gasteiger partial charge in [-0.2, -0.15) is 5.10 Å². The van der Waals surface area contributed by atoms with Gasteiger partial charge in [0.1, 0.15) is 0 Å². The second-order valence-electron chi connectivity index (χ2n) is 6.39. The van der Waals surface area contributed by atoms with E-state index in [1.807, 2.05) is 0 Å². The van der Waals surface area contributed by atoms with Crippen LogP contribution in [-0.2, 0) is 9.59 Å². The summed E-state index contributed by atoms with van der Waals surface area (Å²) in [5.74, 6) is 0.608. The molecule has 5 heteroatoms. The standard InChI is InChI=1S/C17H25N3O2/c1-11(2)14-6-7-16-15(9-14)13(4)19-20(16)12(3)5-8-17(22)18-10-21/h6-7,9-12,15-16H,5,8H2,1-4H3,(H,18,21,22). The van der Waals surface area contributed by atoms with Crippen molar-refractivity contribution in [3.63, 3.8) is 0 Å². The number of fused-ring (bicyclic) bond motifs is 1. The molecule has 1 heterocycles. The van der Waals surface area contributed by atoms with Crippen LogP contribution in [-0.4, -0.2) is 35.1 Å². The van der Waals surface area contributed by atoms with Gasteiger partial charge in [-0.1, -0.05) is 32.1 Å². The van der Waals surface area contributed by atoms with Crippen LogP contribution in [0.2, 0.25) is 0 Å². The first kappa shape index (κ1) is 16.5. The van der Waals surface area contributed by atoms with Crippen LogP contribution in [0.15, 0.2) is 28.9 Å². The highest BCUT2D eigenvalue weighted by atomic mass is 16.2. The summed E-state index contributed by atoms with van der Waals surface area (Å²) < 4.78 is 0. The lowest BCUT2D eigenvalue weighted by Crippen LogP contribution is -2.38. The highest BCUT2D eigenvalue weighted by Crippen LogP contribution is 2.33. The summed E-state index contributed by atoms with van der Waals surface area (Å²) in [6.07, 6.45) is 8.18. The predicted molar refractivity (Wildman–Crippen MR) is 87.2 cm³/mol. The van der Waals surface area contributed by atoms with Gasteiger partial charge in [-0.15, -0.1) is 0 Å². The Bertz CT molecular complexity index is 534. The summed E-state index contributed by atoms with van der Waals surface area (Å²) in [6.45, 7) is 8.54. The van der Waals surface area contributed by atoms with Crippen LogP contribution >= 0.6 is 0 Å². The van der Waals surface area contributed by atoms with E-state index in [0.717, 1.165) is 5.71 Å². The summed E-state index contributed by atoms with van der Waals surface area (Å²) in [4.78, 5) is 21.7. The number of hydrogen-bond acceptors (Lipinski definition) is 4. The number of hydrazone groups is 1. The Hall–Kier alpha value is -1.91. The van der Waals surface area contributed by atoms with E-state index < -0.39 is 0 Å². The first-order valence-electron chi connectivity index (χ1n) is 7.90. The van der Waals surface area contributed by atoms with Crippen molar-refractivity contribution < 1.29 is 9.59 Å². The minimum Gasteiger partial charge on any atom is -0.299 e. The van der Waals surface area contributed by atoms with E-state index in [9.17, 15) is 9.59 Å². The van der Waals surface area contributed by atoms with Gasteiger partial charge in [0, 0.05) is 24.1 Å². The number of allylic oxidation sites excluding steroid dienone is 2. The molecule has 0 aromatic rings. The third-order valence-electron chi connectivity index (χ3n) is 4.41. The molecule has 22 heavy (non-hydrogen) atoms. The van der Waals surface area contributed by atoms with Gasteiger partial charge < -0.3 is 0 Å². The quantitative estimate of drug-likeness (QED) is 0.766. The van der Waals surface area contributed by atoms with Crippen molar-refractivity contribution in [1.82, 2.24) is 10.3 Å². The molecule has 2 rings (SSSR count). The lowest BCUT2D eigenvalue weighted by Gasteiger charge is -2.32. The third-order valence-corrected chi connectivity index (χ3v) is 4.41. The number of rotatable bonds is 6. The third kappa shape index (κ3) is 3.46. The normalized spacial score (nSPS) is 24.7. The van der Waals surface area contributed by atoms with Gasteiger partial charge in [-0.25, -0.2) is 0 Å². The van der Waals surface area contributed by atoms with Crippen LogP contribution in [0.4, 0.5) is 0 Å². The maximum Gasteiger partial charge on any atom is 0.226 e. The number of hydrogen-bond donors (Lipinski definition) is 1. The van der Waals surface area contributed by atoms with E-state index in [2.05, 4.69) is 56.2 Å². The van der Waals surface area contributed by atoms with Crippen molar-refractivity contribution in [2.75, 3.05) is 0 Å².